The molecule has 0 radical (unpaired) electrons. The molecule has 3 heterocycles. The number of aromatic nitrogens is 3. The summed E-state index contributed by atoms with van der Waals surface area (Å²) in [6, 6.07) is 3.91. The van der Waals surface area contributed by atoms with E-state index in [-0.39, 0.29) is 11.8 Å². The maximum atomic E-state index is 11.8. The molecule has 7 nitrogen and oxygen atoms in total. The summed E-state index contributed by atoms with van der Waals surface area (Å²) in [6.07, 6.45) is 3.85. The Balaban J connectivity index is 1.34. The average Bonchev–Trinajstić information content (AvgIpc) is 3.37. The molecule has 0 unspecified atom stereocenters. The molecule has 0 spiro atoms. The number of anilines is 3. The van der Waals surface area contributed by atoms with Gasteiger partial charge < -0.3 is 15.1 Å². The molecule has 24 heavy (non-hydrogen) atoms. The van der Waals surface area contributed by atoms with Crippen LogP contribution >= 0.6 is 11.5 Å². The van der Waals surface area contributed by atoms with Gasteiger partial charge in [-0.15, -0.1) is 0 Å². The number of carbonyl (C=O) groups excluding carboxylic acids is 1. The summed E-state index contributed by atoms with van der Waals surface area (Å²) in [5, 5.41) is 3.88. The number of aryl methyl sites for hydroxylation is 1. The van der Waals surface area contributed by atoms with Crippen molar-refractivity contribution in [2.24, 2.45) is 5.92 Å². The van der Waals surface area contributed by atoms with E-state index < -0.39 is 0 Å². The topological polar surface area (TPSA) is 74.2 Å². The van der Waals surface area contributed by atoms with Crippen LogP contribution in [0.2, 0.25) is 0 Å². The van der Waals surface area contributed by atoms with Gasteiger partial charge in [-0.2, -0.15) is 4.37 Å². The Bertz CT molecular complexity index is 718. The van der Waals surface area contributed by atoms with Crippen molar-refractivity contribution in [2.75, 3.05) is 41.3 Å². The molecular weight excluding hydrogens is 324 g/mol. The van der Waals surface area contributed by atoms with Crippen LogP contribution in [-0.2, 0) is 4.79 Å². The van der Waals surface area contributed by atoms with Gasteiger partial charge in [-0.25, -0.2) is 9.97 Å². The minimum Gasteiger partial charge on any atom is -0.367 e. The van der Waals surface area contributed by atoms with Gasteiger partial charge in [0.15, 0.2) is 0 Å². The lowest BCUT2D eigenvalue weighted by molar-refractivity contribution is -0.117. The van der Waals surface area contributed by atoms with E-state index in [2.05, 4.69) is 29.5 Å². The molecule has 2 aromatic rings. The third-order valence-corrected chi connectivity index (χ3v) is 5.25. The van der Waals surface area contributed by atoms with Gasteiger partial charge in [0.05, 0.1) is 11.9 Å². The second-order valence-corrected chi connectivity index (χ2v) is 6.99. The Labute approximate surface area is 144 Å². The monoisotopic (exact) mass is 344 g/mol. The van der Waals surface area contributed by atoms with E-state index in [0.29, 0.717) is 5.82 Å². The summed E-state index contributed by atoms with van der Waals surface area (Å²) < 4.78 is 4.25. The molecule has 4 rings (SSSR count). The molecule has 126 valence electrons. The molecule has 1 aliphatic heterocycles. The van der Waals surface area contributed by atoms with Crippen LogP contribution in [0, 0.1) is 12.8 Å². The van der Waals surface area contributed by atoms with Crippen LogP contribution in [0.5, 0.6) is 0 Å². The van der Waals surface area contributed by atoms with Crippen molar-refractivity contribution >= 4 is 34.1 Å². The van der Waals surface area contributed by atoms with Crippen molar-refractivity contribution in [1.82, 2.24) is 14.3 Å². The molecule has 1 amide bonds. The summed E-state index contributed by atoms with van der Waals surface area (Å²) >= 11 is 1.46. The number of hydrogen-bond donors (Lipinski definition) is 1. The van der Waals surface area contributed by atoms with Crippen molar-refractivity contribution in [3.63, 3.8) is 0 Å². The predicted octanol–water partition coefficient (Wildman–Crippen LogP) is 1.92. The Hall–Kier alpha value is -2.22. The van der Waals surface area contributed by atoms with Crippen molar-refractivity contribution in [1.29, 1.82) is 0 Å². The van der Waals surface area contributed by atoms with Crippen LogP contribution in [0.1, 0.15) is 18.7 Å². The van der Waals surface area contributed by atoms with Gasteiger partial charge in [0.25, 0.3) is 0 Å². The van der Waals surface area contributed by atoms with Crippen molar-refractivity contribution < 1.29 is 4.79 Å². The molecule has 1 N–H and O–H groups in total. The molecular formula is C16H20N6OS. The Morgan fingerprint density at radius 1 is 1.21 bits per heavy atom. The second-order valence-electron chi connectivity index (χ2n) is 6.26. The zero-order chi connectivity index (χ0) is 16.5. The number of carbonyl (C=O) groups is 1. The summed E-state index contributed by atoms with van der Waals surface area (Å²) in [5.41, 5.74) is 1.09. The van der Waals surface area contributed by atoms with E-state index in [0.717, 1.165) is 55.7 Å². The van der Waals surface area contributed by atoms with Gasteiger partial charge in [0.2, 0.25) is 11.0 Å². The fourth-order valence-corrected chi connectivity index (χ4v) is 3.52. The van der Waals surface area contributed by atoms with Gasteiger partial charge in [-0.1, -0.05) is 0 Å². The number of rotatable bonds is 4. The number of hydrogen-bond acceptors (Lipinski definition) is 7. The predicted molar refractivity (Wildman–Crippen MR) is 94.7 cm³/mol. The molecule has 0 aromatic carbocycles. The highest BCUT2D eigenvalue weighted by Gasteiger charge is 2.29. The first-order valence-corrected chi connectivity index (χ1v) is 9.03. The van der Waals surface area contributed by atoms with E-state index in [1.165, 1.54) is 11.5 Å². The van der Waals surface area contributed by atoms with Gasteiger partial charge in [0.1, 0.15) is 11.6 Å². The largest absolute Gasteiger partial charge is 0.367 e. The van der Waals surface area contributed by atoms with Gasteiger partial charge >= 0.3 is 0 Å². The minimum atomic E-state index is 0.0937. The fourth-order valence-electron chi connectivity index (χ4n) is 2.79. The fraction of sp³-hybridized carbons (Fsp3) is 0.500. The third-order valence-electron chi connectivity index (χ3n) is 4.38. The molecule has 1 saturated heterocycles. The highest BCUT2D eigenvalue weighted by Crippen LogP contribution is 2.30. The molecule has 0 atom stereocenters. The smallest absolute Gasteiger partial charge is 0.228 e. The quantitative estimate of drug-likeness (QED) is 0.913. The highest BCUT2D eigenvalue weighted by molar-refractivity contribution is 7.09. The number of nitrogens with one attached hydrogen (secondary N) is 1. The molecule has 1 aliphatic carbocycles. The summed E-state index contributed by atoms with van der Waals surface area (Å²) in [4.78, 5) is 25.2. The van der Waals surface area contributed by atoms with E-state index in [1.54, 1.807) is 0 Å². The lowest BCUT2D eigenvalue weighted by Crippen LogP contribution is -2.46. The average molecular weight is 344 g/mol. The number of nitrogens with zero attached hydrogens (tertiary/aromatic N) is 5. The standard InChI is InChI=1S/C16H20N6OS/c1-11-18-16(24-20-11)22-8-6-21(7-9-22)13-4-5-14(17-10-13)19-15(23)12-2-3-12/h4-5,10,12H,2-3,6-9H2,1H3,(H,17,19,23). The first kappa shape index (κ1) is 15.3. The Kier molecular flexibility index (Phi) is 4.05. The van der Waals surface area contributed by atoms with Gasteiger partial charge in [-0.05, 0) is 31.9 Å². The molecule has 2 aromatic heterocycles. The summed E-state index contributed by atoms with van der Waals surface area (Å²) in [7, 11) is 0. The lowest BCUT2D eigenvalue weighted by Gasteiger charge is -2.35. The lowest BCUT2D eigenvalue weighted by atomic mass is 10.3. The van der Waals surface area contributed by atoms with E-state index in [9.17, 15) is 4.79 Å². The maximum absolute atomic E-state index is 11.8. The highest BCUT2D eigenvalue weighted by atomic mass is 32.1. The molecule has 1 saturated carbocycles. The minimum absolute atomic E-state index is 0.0937. The molecule has 2 fully saturated rings. The number of pyridine rings is 1. The van der Waals surface area contributed by atoms with Crippen molar-refractivity contribution in [3.05, 3.63) is 24.2 Å². The zero-order valence-electron chi connectivity index (χ0n) is 13.6. The van der Waals surface area contributed by atoms with Crippen LogP contribution < -0.4 is 15.1 Å². The molecule has 8 heteroatoms. The summed E-state index contributed by atoms with van der Waals surface area (Å²) in [5.74, 6) is 1.77. The maximum Gasteiger partial charge on any atom is 0.228 e. The second kappa shape index (κ2) is 6.35. The number of amides is 1. The first-order valence-electron chi connectivity index (χ1n) is 8.26. The van der Waals surface area contributed by atoms with E-state index in [4.69, 9.17) is 0 Å². The molecule has 0 bridgehead atoms. The third kappa shape index (κ3) is 3.33. The Morgan fingerprint density at radius 2 is 1.96 bits per heavy atom. The molecule has 2 aliphatic rings. The van der Waals surface area contributed by atoms with Crippen molar-refractivity contribution in [2.45, 2.75) is 19.8 Å². The van der Waals surface area contributed by atoms with Crippen LogP contribution in [0.3, 0.4) is 0 Å². The number of piperazine rings is 1. The van der Waals surface area contributed by atoms with Crippen molar-refractivity contribution in [3.8, 4) is 0 Å². The van der Waals surface area contributed by atoms with E-state index in [1.807, 2.05) is 25.3 Å². The Morgan fingerprint density at radius 3 is 2.54 bits per heavy atom. The van der Waals surface area contributed by atoms with Crippen LogP contribution in [0.4, 0.5) is 16.6 Å². The SMILES string of the molecule is Cc1nsc(N2CCN(c3ccc(NC(=O)C4CC4)nc3)CC2)n1. The normalized spacial score (nSPS) is 17.9. The summed E-state index contributed by atoms with van der Waals surface area (Å²) in [6.45, 7) is 5.62. The van der Waals surface area contributed by atoms with E-state index >= 15 is 0 Å². The first-order chi connectivity index (χ1) is 11.7. The zero-order valence-corrected chi connectivity index (χ0v) is 14.4. The van der Waals surface area contributed by atoms with Gasteiger partial charge in [-0.3, -0.25) is 4.79 Å². The van der Waals surface area contributed by atoms with Crippen LogP contribution in [-0.4, -0.2) is 46.4 Å². The van der Waals surface area contributed by atoms with Crippen LogP contribution in [0.15, 0.2) is 18.3 Å². The van der Waals surface area contributed by atoms with Gasteiger partial charge in [0, 0.05) is 43.6 Å². The van der Waals surface area contributed by atoms with Crippen LogP contribution in [0.25, 0.3) is 0 Å².